The molecule has 6 N–H and O–H groups in total. The summed E-state index contributed by atoms with van der Waals surface area (Å²) in [4.78, 5) is 33.1. The predicted molar refractivity (Wildman–Crippen MR) is 63.5 cm³/mol. The fourth-order valence-electron chi connectivity index (χ4n) is 1.31. The van der Waals surface area contributed by atoms with Crippen LogP contribution in [0.25, 0.3) is 0 Å². The average molecular weight is 269 g/mol. The second-order valence-corrected chi connectivity index (χ2v) is 3.77. The molecule has 1 rings (SSSR count). The number of nitrogens with one attached hydrogen (secondary N) is 1. The molecule has 1 aromatic rings. The smallest absolute Gasteiger partial charge is 0.326 e. The fraction of sp³-hybridized carbons (Fsp3) is 0.182. The van der Waals surface area contributed by atoms with Crippen LogP contribution in [0.15, 0.2) is 18.2 Å². The molecule has 8 heteroatoms. The molecule has 0 bridgehead atoms. The quantitative estimate of drug-likeness (QED) is 0.532. The van der Waals surface area contributed by atoms with Crippen molar-refractivity contribution in [1.82, 2.24) is 5.32 Å². The number of carboxylic acid groups (broad SMARTS) is 1. The van der Waals surface area contributed by atoms with E-state index in [-0.39, 0.29) is 11.3 Å². The highest BCUT2D eigenvalue weighted by atomic mass is 19.1. The zero-order valence-corrected chi connectivity index (χ0v) is 9.72. The van der Waals surface area contributed by atoms with Gasteiger partial charge in [-0.3, -0.25) is 9.59 Å². The maximum absolute atomic E-state index is 13.2. The third-order valence-electron chi connectivity index (χ3n) is 2.27. The minimum absolute atomic E-state index is 0.109. The lowest BCUT2D eigenvalue weighted by atomic mass is 10.1. The molecule has 0 aliphatic heterocycles. The number of carboxylic acids is 1. The van der Waals surface area contributed by atoms with Gasteiger partial charge in [-0.2, -0.15) is 0 Å². The van der Waals surface area contributed by atoms with Crippen LogP contribution in [0.2, 0.25) is 0 Å². The number of aliphatic carboxylic acids is 1. The molecule has 102 valence electrons. The van der Waals surface area contributed by atoms with Gasteiger partial charge in [-0.15, -0.1) is 0 Å². The van der Waals surface area contributed by atoms with Crippen LogP contribution in [-0.4, -0.2) is 28.9 Å². The van der Waals surface area contributed by atoms with Gasteiger partial charge in [0.25, 0.3) is 5.91 Å². The number of carbonyl (C=O) groups is 3. The summed E-state index contributed by atoms with van der Waals surface area (Å²) >= 11 is 0. The summed E-state index contributed by atoms with van der Waals surface area (Å²) in [6.07, 6.45) is -0.557. The highest BCUT2D eigenvalue weighted by Crippen LogP contribution is 2.12. The molecule has 1 aromatic carbocycles. The van der Waals surface area contributed by atoms with Crippen molar-refractivity contribution in [2.45, 2.75) is 12.5 Å². The Bertz CT molecular complexity index is 533. The SMILES string of the molecule is NC(=O)C[C@@H](NC(=O)c1ccc(N)c(F)c1)C(=O)O. The Morgan fingerprint density at radius 3 is 2.47 bits per heavy atom. The van der Waals surface area contributed by atoms with E-state index in [4.69, 9.17) is 16.6 Å². The van der Waals surface area contributed by atoms with Crippen LogP contribution in [0.3, 0.4) is 0 Å². The average Bonchev–Trinajstić information content (AvgIpc) is 2.31. The van der Waals surface area contributed by atoms with Crippen LogP contribution in [-0.2, 0) is 9.59 Å². The largest absolute Gasteiger partial charge is 0.480 e. The normalized spacial score (nSPS) is 11.6. The third-order valence-corrected chi connectivity index (χ3v) is 2.27. The number of primary amides is 1. The maximum Gasteiger partial charge on any atom is 0.326 e. The number of rotatable bonds is 5. The Labute approximate surface area is 107 Å². The van der Waals surface area contributed by atoms with Gasteiger partial charge in [-0.1, -0.05) is 0 Å². The lowest BCUT2D eigenvalue weighted by Crippen LogP contribution is -2.43. The van der Waals surface area contributed by atoms with Gasteiger partial charge in [0, 0.05) is 5.56 Å². The van der Waals surface area contributed by atoms with Gasteiger partial charge in [0.1, 0.15) is 11.9 Å². The van der Waals surface area contributed by atoms with Gasteiger partial charge in [0.2, 0.25) is 5.91 Å². The topological polar surface area (TPSA) is 136 Å². The van der Waals surface area contributed by atoms with E-state index in [0.717, 1.165) is 6.07 Å². The molecule has 0 unspecified atom stereocenters. The highest BCUT2D eigenvalue weighted by Gasteiger charge is 2.23. The predicted octanol–water partition coefficient (Wildman–Crippen LogP) is -0.534. The molecule has 0 spiro atoms. The Balaban J connectivity index is 2.84. The van der Waals surface area contributed by atoms with E-state index in [2.05, 4.69) is 5.32 Å². The monoisotopic (exact) mass is 269 g/mol. The zero-order valence-electron chi connectivity index (χ0n) is 9.72. The Kier molecular flexibility index (Phi) is 4.41. The second kappa shape index (κ2) is 5.80. The van der Waals surface area contributed by atoms with Gasteiger partial charge in [-0.25, -0.2) is 9.18 Å². The lowest BCUT2D eigenvalue weighted by Gasteiger charge is -2.13. The molecule has 7 nitrogen and oxygen atoms in total. The van der Waals surface area contributed by atoms with E-state index in [1.807, 2.05) is 0 Å². The first-order valence-electron chi connectivity index (χ1n) is 5.18. The van der Waals surface area contributed by atoms with Crippen molar-refractivity contribution >= 4 is 23.5 Å². The van der Waals surface area contributed by atoms with Crippen molar-refractivity contribution in [2.24, 2.45) is 5.73 Å². The number of amides is 2. The van der Waals surface area contributed by atoms with Crippen LogP contribution in [0.5, 0.6) is 0 Å². The summed E-state index contributed by atoms with van der Waals surface area (Å²) < 4.78 is 13.2. The molecule has 19 heavy (non-hydrogen) atoms. The van der Waals surface area contributed by atoms with E-state index < -0.39 is 36.1 Å². The molecule has 0 aromatic heterocycles. The molecule has 1 atom stereocenters. The molecule has 2 amide bonds. The minimum Gasteiger partial charge on any atom is -0.480 e. The third kappa shape index (κ3) is 3.95. The van der Waals surface area contributed by atoms with Crippen molar-refractivity contribution in [1.29, 1.82) is 0 Å². The first-order valence-corrected chi connectivity index (χ1v) is 5.18. The van der Waals surface area contributed by atoms with Gasteiger partial charge in [0.05, 0.1) is 12.1 Å². The van der Waals surface area contributed by atoms with Crippen molar-refractivity contribution < 1.29 is 23.9 Å². The van der Waals surface area contributed by atoms with Crippen LogP contribution in [0.4, 0.5) is 10.1 Å². The fourth-order valence-corrected chi connectivity index (χ4v) is 1.31. The highest BCUT2D eigenvalue weighted by molar-refractivity contribution is 5.97. The molecule has 0 heterocycles. The van der Waals surface area contributed by atoms with E-state index in [1.54, 1.807) is 0 Å². The number of hydrogen-bond donors (Lipinski definition) is 4. The Hall–Kier alpha value is -2.64. The summed E-state index contributed by atoms with van der Waals surface area (Å²) in [5.41, 5.74) is 9.86. The lowest BCUT2D eigenvalue weighted by molar-refractivity contribution is -0.140. The number of anilines is 1. The number of nitrogen functional groups attached to an aromatic ring is 1. The zero-order chi connectivity index (χ0) is 14.6. The maximum atomic E-state index is 13.2. The van der Waals surface area contributed by atoms with Crippen LogP contribution in [0.1, 0.15) is 16.8 Å². The van der Waals surface area contributed by atoms with Gasteiger partial charge in [-0.05, 0) is 18.2 Å². The van der Waals surface area contributed by atoms with Crippen molar-refractivity contribution in [3.63, 3.8) is 0 Å². The summed E-state index contributed by atoms with van der Waals surface area (Å²) in [5, 5.41) is 10.9. The van der Waals surface area contributed by atoms with Crippen LogP contribution in [0, 0.1) is 5.82 Å². The minimum atomic E-state index is -1.47. The summed E-state index contributed by atoms with van der Waals surface area (Å²) in [5.74, 6) is -3.93. The van der Waals surface area contributed by atoms with E-state index in [9.17, 15) is 18.8 Å². The molecule has 0 radical (unpaired) electrons. The molecule has 0 fully saturated rings. The summed E-state index contributed by atoms with van der Waals surface area (Å²) in [6, 6.07) is 1.81. The molecule has 0 saturated heterocycles. The number of carbonyl (C=O) groups excluding carboxylic acids is 2. The second-order valence-electron chi connectivity index (χ2n) is 3.77. The molecular formula is C11H12FN3O4. The van der Waals surface area contributed by atoms with Crippen molar-refractivity contribution in [3.05, 3.63) is 29.6 Å². The molecular weight excluding hydrogens is 257 g/mol. The number of nitrogens with two attached hydrogens (primary N) is 2. The summed E-state index contributed by atoms with van der Waals surface area (Å²) in [6.45, 7) is 0. The Morgan fingerprint density at radius 1 is 1.37 bits per heavy atom. The van der Waals surface area contributed by atoms with Gasteiger partial charge >= 0.3 is 5.97 Å². The number of halogens is 1. The standard InChI is InChI=1S/C11H12FN3O4/c12-6-3-5(1-2-7(6)13)10(17)15-8(11(18)19)4-9(14)16/h1-3,8H,4,13H2,(H2,14,16)(H,15,17)(H,18,19)/t8-/m1/s1. The first-order chi connectivity index (χ1) is 8.81. The van der Waals surface area contributed by atoms with Gasteiger partial charge in [0.15, 0.2) is 0 Å². The van der Waals surface area contributed by atoms with Crippen molar-refractivity contribution in [2.75, 3.05) is 5.73 Å². The van der Waals surface area contributed by atoms with Gasteiger partial charge < -0.3 is 21.9 Å². The van der Waals surface area contributed by atoms with E-state index in [1.165, 1.54) is 12.1 Å². The van der Waals surface area contributed by atoms with E-state index in [0.29, 0.717) is 0 Å². The molecule has 0 saturated carbocycles. The Morgan fingerprint density at radius 2 is 2.00 bits per heavy atom. The number of benzene rings is 1. The van der Waals surface area contributed by atoms with E-state index >= 15 is 0 Å². The molecule has 0 aliphatic carbocycles. The van der Waals surface area contributed by atoms with Crippen LogP contribution < -0.4 is 16.8 Å². The summed E-state index contributed by atoms with van der Waals surface area (Å²) in [7, 11) is 0. The molecule has 0 aliphatic rings. The number of hydrogen-bond acceptors (Lipinski definition) is 4. The first kappa shape index (κ1) is 14.4. The van der Waals surface area contributed by atoms with Crippen molar-refractivity contribution in [3.8, 4) is 0 Å². The van der Waals surface area contributed by atoms with Crippen LogP contribution >= 0.6 is 0 Å².